The number of benzene rings is 1. The Morgan fingerprint density at radius 2 is 1.78 bits per heavy atom. The highest BCUT2D eigenvalue weighted by atomic mass is 16.5. The molecule has 2 heteroatoms. The van der Waals surface area contributed by atoms with Crippen LogP contribution in [0.3, 0.4) is 0 Å². The topological polar surface area (TPSA) is 21.3 Å². The largest absolute Gasteiger partial charge is 0.491 e. The third-order valence-corrected chi connectivity index (χ3v) is 2.67. The SMILES string of the molecule is C#CC(NCc1ccc(OC(C)C)cc1)C(C)C. The minimum atomic E-state index is 0.122. The smallest absolute Gasteiger partial charge is 0.119 e. The molecule has 0 amide bonds. The van der Waals surface area contributed by atoms with Gasteiger partial charge in [0.2, 0.25) is 0 Å². The van der Waals surface area contributed by atoms with Gasteiger partial charge >= 0.3 is 0 Å². The van der Waals surface area contributed by atoms with E-state index < -0.39 is 0 Å². The first-order chi connectivity index (χ1) is 8.52. The average Bonchev–Trinajstić information content (AvgIpc) is 2.31. The molecule has 1 N–H and O–H groups in total. The maximum atomic E-state index is 5.60. The van der Waals surface area contributed by atoms with Crippen molar-refractivity contribution in [3.8, 4) is 18.1 Å². The number of hydrogen-bond donors (Lipinski definition) is 1. The van der Waals surface area contributed by atoms with Crippen molar-refractivity contribution < 1.29 is 4.74 Å². The predicted molar refractivity (Wildman–Crippen MR) is 76.5 cm³/mol. The zero-order valence-corrected chi connectivity index (χ0v) is 11.7. The number of nitrogens with one attached hydrogen (secondary N) is 1. The minimum Gasteiger partial charge on any atom is -0.491 e. The molecule has 0 radical (unpaired) electrons. The van der Waals surface area contributed by atoms with Gasteiger partial charge in [-0.3, -0.25) is 5.32 Å². The molecule has 0 aliphatic rings. The number of rotatable bonds is 6. The van der Waals surface area contributed by atoms with Gasteiger partial charge in [-0.15, -0.1) is 6.42 Å². The van der Waals surface area contributed by atoms with Crippen molar-refractivity contribution in [2.24, 2.45) is 5.92 Å². The van der Waals surface area contributed by atoms with Gasteiger partial charge in [0.15, 0.2) is 0 Å². The van der Waals surface area contributed by atoms with Gasteiger partial charge in [0.05, 0.1) is 12.1 Å². The Bertz CT molecular complexity index is 387. The quantitative estimate of drug-likeness (QED) is 0.777. The van der Waals surface area contributed by atoms with Crippen molar-refractivity contribution in [1.82, 2.24) is 5.32 Å². The van der Waals surface area contributed by atoms with Gasteiger partial charge in [0.1, 0.15) is 5.75 Å². The fourth-order valence-corrected chi connectivity index (χ4v) is 1.67. The van der Waals surface area contributed by atoms with Crippen LogP contribution in [-0.4, -0.2) is 12.1 Å². The van der Waals surface area contributed by atoms with E-state index in [1.165, 1.54) is 5.56 Å². The summed E-state index contributed by atoms with van der Waals surface area (Å²) in [6.45, 7) is 9.08. The summed E-state index contributed by atoms with van der Waals surface area (Å²) in [6, 6.07) is 8.25. The molecule has 98 valence electrons. The van der Waals surface area contributed by atoms with Crippen LogP contribution in [0.4, 0.5) is 0 Å². The van der Waals surface area contributed by atoms with Crippen LogP contribution in [0.15, 0.2) is 24.3 Å². The number of terminal acetylenes is 1. The maximum Gasteiger partial charge on any atom is 0.119 e. The van der Waals surface area contributed by atoms with E-state index in [4.69, 9.17) is 11.2 Å². The fraction of sp³-hybridized carbons (Fsp3) is 0.500. The molecule has 0 aromatic heterocycles. The van der Waals surface area contributed by atoms with Crippen molar-refractivity contribution in [1.29, 1.82) is 0 Å². The van der Waals surface area contributed by atoms with Gasteiger partial charge < -0.3 is 4.74 Å². The Morgan fingerprint density at radius 3 is 2.22 bits per heavy atom. The molecule has 0 heterocycles. The third kappa shape index (κ3) is 4.81. The molecule has 0 saturated carbocycles. The van der Waals surface area contributed by atoms with Crippen molar-refractivity contribution in [3.05, 3.63) is 29.8 Å². The minimum absolute atomic E-state index is 0.122. The molecule has 0 spiro atoms. The van der Waals surface area contributed by atoms with Crippen LogP contribution in [0.25, 0.3) is 0 Å². The summed E-state index contributed by atoms with van der Waals surface area (Å²) in [4.78, 5) is 0. The van der Waals surface area contributed by atoms with Crippen LogP contribution in [0.5, 0.6) is 5.75 Å². The predicted octanol–water partition coefficient (Wildman–Crippen LogP) is 3.22. The van der Waals surface area contributed by atoms with Gasteiger partial charge in [-0.1, -0.05) is 31.9 Å². The average molecular weight is 245 g/mol. The van der Waals surface area contributed by atoms with Crippen molar-refractivity contribution >= 4 is 0 Å². The van der Waals surface area contributed by atoms with Gasteiger partial charge in [-0.2, -0.15) is 0 Å². The molecule has 1 aromatic carbocycles. The lowest BCUT2D eigenvalue weighted by Crippen LogP contribution is -2.31. The second-order valence-corrected chi connectivity index (χ2v) is 5.08. The lowest BCUT2D eigenvalue weighted by atomic mass is 10.1. The molecular weight excluding hydrogens is 222 g/mol. The number of ether oxygens (including phenoxy) is 1. The first kappa shape index (κ1) is 14.6. The van der Waals surface area contributed by atoms with E-state index in [0.717, 1.165) is 12.3 Å². The fourth-order valence-electron chi connectivity index (χ4n) is 1.67. The van der Waals surface area contributed by atoms with Gasteiger partial charge in [0.25, 0.3) is 0 Å². The molecule has 1 rings (SSSR count). The Morgan fingerprint density at radius 1 is 1.17 bits per heavy atom. The molecule has 0 fully saturated rings. The molecule has 1 unspecified atom stereocenters. The lowest BCUT2D eigenvalue weighted by Gasteiger charge is -2.16. The first-order valence-electron chi connectivity index (χ1n) is 6.48. The van der Waals surface area contributed by atoms with Crippen LogP contribution in [0.2, 0.25) is 0 Å². The third-order valence-electron chi connectivity index (χ3n) is 2.67. The van der Waals surface area contributed by atoms with Gasteiger partial charge in [-0.25, -0.2) is 0 Å². The normalized spacial score (nSPS) is 12.5. The summed E-state index contributed by atoms with van der Waals surface area (Å²) in [6.07, 6.45) is 5.69. The van der Waals surface area contributed by atoms with E-state index >= 15 is 0 Å². The second kappa shape index (κ2) is 7.08. The monoisotopic (exact) mass is 245 g/mol. The summed E-state index contributed by atoms with van der Waals surface area (Å²) < 4.78 is 5.60. The van der Waals surface area contributed by atoms with Crippen molar-refractivity contribution in [2.45, 2.75) is 46.4 Å². The van der Waals surface area contributed by atoms with Gasteiger partial charge in [-0.05, 0) is 37.5 Å². The molecule has 0 saturated heterocycles. The highest BCUT2D eigenvalue weighted by molar-refractivity contribution is 5.27. The summed E-state index contributed by atoms with van der Waals surface area (Å²) in [5, 5.41) is 3.37. The van der Waals surface area contributed by atoms with E-state index in [1.54, 1.807) is 0 Å². The number of hydrogen-bond acceptors (Lipinski definition) is 2. The molecular formula is C16H23NO. The van der Waals surface area contributed by atoms with Crippen LogP contribution < -0.4 is 10.1 Å². The van der Waals surface area contributed by atoms with E-state index in [-0.39, 0.29) is 12.1 Å². The standard InChI is InChI=1S/C16H23NO/c1-6-16(12(2)3)17-11-14-7-9-15(10-8-14)18-13(4)5/h1,7-10,12-13,16-17H,11H2,2-5H3. The van der Waals surface area contributed by atoms with Gasteiger partial charge in [0, 0.05) is 6.54 Å². The lowest BCUT2D eigenvalue weighted by molar-refractivity contribution is 0.242. The summed E-state index contributed by atoms with van der Waals surface area (Å²) in [7, 11) is 0. The molecule has 2 nitrogen and oxygen atoms in total. The van der Waals surface area contributed by atoms with Crippen LogP contribution in [0, 0.1) is 18.3 Å². The molecule has 1 atom stereocenters. The first-order valence-corrected chi connectivity index (χ1v) is 6.48. The summed E-state index contributed by atoms with van der Waals surface area (Å²) in [5.41, 5.74) is 1.21. The zero-order valence-electron chi connectivity index (χ0n) is 11.7. The van der Waals surface area contributed by atoms with E-state index in [2.05, 4.69) is 37.2 Å². The zero-order chi connectivity index (χ0) is 13.5. The molecule has 1 aromatic rings. The summed E-state index contributed by atoms with van der Waals surface area (Å²) >= 11 is 0. The Kier molecular flexibility index (Phi) is 5.74. The highest BCUT2D eigenvalue weighted by Gasteiger charge is 2.08. The Hall–Kier alpha value is -1.46. The Labute approximate surface area is 111 Å². The maximum absolute atomic E-state index is 5.60. The second-order valence-electron chi connectivity index (χ2n) is 5.08. The molecule has 0 bridgehead atoms. The highest BCUT2D eigenvalue weighted by Crippen LogP contribution is 2.14. The Balaban J connectivity index is 2.51. The van der Waals surface area contributed by atoms with Crippen molar-refractivity contribution in [2.75, 3.05) is 0 Å². The van der Waals surface area contributed by atoms with E-state index in [1.807, 2.05) is 26.0 Å². The summed E-state index contributed by atoms with van der Waals surface area (Å²) in [5.74, 6) is 4.12. The van der Waals surface area contributed by atoms with Crippen LogP contribution in [-0.2, 0) is 6.54 Å². The molecule has 0 aliphatic heterocycles. The van der Waals surface area contributed by atoms with Crippen molar-refractivity contribution in [3.63, 3.8) is 0 Å². The van der Waals surface area contributed by atoms with E-state index in [9.17, 15) is 0 Å². The van der Waals surface area contributed by atoms with Crippen LogP contribution in [0.1, 0.15) is 33.3 Å². The molecule has 18 heavy (non-hydrogen) atoms. The van der Waals surface area contributed by atoms with Crippen LogP contribution >= 0.6 is 0 Å². The van der Waals surface area contributed by atoms with E-state index in [0.29, 0.717) is 5.92 Å². The molecule has 0 aliphatic carbocycles.